The third kappa shape index (κ3) is 1.73. The predicted octanol–water partition coefficient (Wildman–Crippen LogP) is 2.16. The van der Waals surface area contributed by atoms with Gasteiger partial charge < -0.3 is 9.84 Å². The van der Waals surface area contributed by atoms with Gasteiger partial charge in [-0.2, -0.15) is 0 Å². The Labute approximate surface area is 90.7 Å². The highest BCUT2D eigenvalue weighted by Gasteiger charge is 2.47. The van der Waals surface area contributed by atoms with Crippen molar-refractivity contribution in [2.45, 2.75) is 12.3 Å². The van der Waals surface area contributed by atoms with Gasteiger partial charge in [0, 0.05) is 23.6 Å². The monoisotopic (exact) mass is 228 g/mol. The highest BCUT2D eigenvalue weighted by molar-refractivity contribution is 5.75. The van der Waals surface area contributed by atoms with Gasteiger partial charge in [0.05, 0.1) is 13.0 Å². The van der Waals surface area contributed by atoms with Gasteiger partial charge in [0.2, 0.25) is 0 Å². The number of benzene rings is 1. The van der Waals surface area contributed by atoms with E-state index in [1.807, 2.05) is 0 Å². The number of hydrogen-bond donors (Lipinski definition) is 1. The summed E-state index contributed by atoms with van der Waals surface area (Å²) in [6, 6.07) is 1.81. The van der Waals surface area contributed by atoms with Crippen LogP contribution in [0.2, 0.25) is 0 Å². The molecule has 1 aromatic rings. The van der Waals surface area contributed by atoms with Crippen LogP contribution in [-0.4, -0.2) is 18.2 Å². The van der Waals surface area contributed by atoms with Gasteiger partial charge in [-0.1, -0.05) is 0 Å². The number of hydrogen-bond acceptors (Lipinski definition) is 2. The molecule has 86 valence electrons. The molecule has 0 bridgehead atoms. The SMILES string of the molecule is COc1cc(F)cc(F)c1[C@@H]1C[C@H]1C(=O)O. The summed E-state index contributed by atoms with van der Waals surface area (Å²) in [5, 5.41) is 8.76. The minimum absolute atomic E-state index is 0.0752. The number of carboxylic acid groups (broad SMARTS) is 1. The molecule has 5 heteroatoms. The molecule has 0 saturated heterocycles. The van der Waals surface area contributed by atoms with Crippen molar-refractivity contribution in [1.29, 1.82) is 0 Å². The molecule has 0 amide bonds. The summed E-state index contributed by atoms with van der Waals surface area (Å²) in [6.07, 6.45) is 0.369. The zero-order valence-electron chi connectivity index (χ0n) is 8.54. The first-order chi connectivity index (χ1) is 7.54. The van der Waals surface area contributed by atoms with Crippen molar-refractivity contribution >= 4 is 5.97 Å². The fourth-order valence-corrected chi connectivity index (χ4v) is 1.88. The lowest BCUT2D eigenvalue weighted by Gasteiger charge is -2.08. The maximum atomic E-state index is 13.5. The highest BCUT2D eigenvalue weighted by atomic mass is 19.1. The zero-order chi connectivity index (χ0) is 11.9. The topological polar surface area (TPSA) is 46.5 Å². The predicted molar refractivity (Wildman–Crippen MR) is 51.4 cm³/mol. The zero-order valence-corrected chi connectivity index (χ0v) is 8.54. The Morgan fingerprint density at radius 2 is 2.19 bits per heavy atom. The van der Waals surface area contributed by atoms with Gasteiger partial charge in [-0.15, -0.1) is 0 Å². The smallest absolute Gasteiger partial charge is 0.307 e. The van der Waals surface area contributed by atoms with E-state index in [1.54, 1.807) is 0 Å². The molecular formula is C11H10F2O3. The van der Waals surface area contributed by atoms with Crippen molar-refractivity contribution in [1.82, 2.24) is 0 Å². The molecule has 0 aliphatic heterocycles. The molecule has 0 spiro atoms. The molecular weight excluding hydrogens is 218 g/mol. The number of aliphatic carboxylic acids is 1. The normalized spacial score (nSPS) is 22.9. The standard InChI is InChI=1S/C11H10F2O3/c1-16-9-3-5(12)2-8(13)10(9)6-4-7(6)11(14)15/h2-3,6-7H,4H2,1H3,(H,14,15)/t6-,7-/m1/s1. The Morgan fingerprint density at radius 1 is 1.50 bits per heavy atom. The van der Waals surface area contributed by atoms with E-state index in [4.69, 9.17) is 9.84 Å². The maximum Gasteiger partial charge on any atom is 0.307 e. The van der Waals surface area contributed by atoms with E-state index in [1.165, 1.54) is 7.11 Å². The molecule has 2 rings (SSSR count). The Kier molecular flexibility index (Phi) is 2.53. The van der Waals surface area contributed by atoms with E-state index >= 15 is 0 Å². The lowest BCUT2D eigenvalue weighted by atomic mass is 10.1. The summed E-state index contributed by atoms with van der Waals surface area (Å²) < 4.78 is 31.3. The Bertz CT molecular complexity index is 445. The number of rotatable bonds is 3. The number of carbonyl (C=O) groups is 1. The van der Waals surface area contributed by atoms with Crippen molar-refractivity contribution in [3.05, 3.63) is 29.3 Å². The van der Waals surface area contributed by atoms with Crippen LogP contribution >= 0.6 is 0 Å². The molecule has 0 unspecified atom stereocenters. The van der Waals surface area contributed by atoms with E-state index < -0.39 is 29.4 Å². The van der Waals surface area contributed by atoms with Crippen LogP contribution in [0.4, 0.5) is 8.78 Å². The Hall–Kier alpha value is -1.65. The Balaban J connectivity index is 2.38. The summed E-state index contributed by atoms with van der Waals surface area (Å²) in [7, 11) is 1.30. The van der Waals surface area contributed by atoms with Crippen molar-refractivity contribution in [2.24, 2.45) is 5.92 Å². The molecule has 2 atom stereocenters. The van der Waals surface area contributed by atoms with Crippen LogP contribution in [0.1, 0.15) is 17.9 Å². The van der Waals surface area contributed by atoms with Gasteiger partial charge in [-0.3, -0.25) is 4.79 Å². The number of halogens is 2. The fourth-order valence-electron chi connectivity index (χ4n) is 1.88. The fraction of sp³-hybridized carbons (Fsp3) is 0.364. The van der Waals surface area contributed by atoms with Gasteiger partial charge in [-0.05, 0) is 6.42 Å². The lowest BCUT2D eigenvalue weighted by Crippen LogP contribution is -2.02. The van der Waals surface area contributed by atoms with Crippen LogP contribution in [0, 0.1) is 17.6 Å². The molecule has 1 aliphatic rings. The average Bonchev–Trinajstić information content (AvgIpc) is 2.96. The van der Waals surface area contributed by atoms with Gasteiger partial charge in [0.1, 0.15) is 17.4 Å². The molecule has 0 aromatic heterocycles. The van der Waals surface area contributed by atoms with Crippen LogP contribution in [0.3, 0.4) is 0 Å². The molecule has 1 aromatic carbocycles. The van der Waals surface area contributed by atoms with Crippen LogP contribution in [-0.2, 0) is 4.79 Å². The van der Waals surface area contributed by atoms with Crippen LogP contribution in [0.15, 0.2) is 12.1 Å². The highest BCUT2D eigenvalue weighted by Crippen LogP contribution is 2.51. The second kappa shape index (κ2) is 3.73. The summed E-state index contributed by atoms with van der Waals surface area (Å²) in [6.45, 7) is 0. The minimum Gasteiger partial charge on any atom is -0.496 e. The van der Waals surface area contributed by atoms with Crippen molar-refractivity contribution < 1.29 is 23.4 Å². The number of carboxylic acids is 1. The van der Waals surface area contributed by atoms with E-state index in [0.29, 0.717) is 6.42 Å². The third-order valence-electron chi connectivity index (χ3n) is 2.75. The first kappa shape index (κ1) is 10.9. The van der Waals surface area contributed by atoms with Crippen LogP contribution in [0.5, 0.6) is 5.75 Å². The number of methoxy groups -OCH3 is 1. The largest absolute Gasteiger partial charge is 0.496 e. The van der Waals surface area contributed by atoms with Crippen molar-refractivity contribution in [3.8, 4) is 5.75 Å². The van der Waals surface area contributed by atoms with E-state index in [-0.39, 0.29) is 11.3 Å². The van der Waals surface area contributed by atoms with Crippen LogP contribution < -0.4 is 4.74 Å². The minimum atomic E-state index is -0.962. The van der Waals surface area contributed by atoms with Crippen molar-refractivity contribution in [2.75, 3.05) is 7.11 Å². The summed E-state index contributed by atoms with van der Waals surface area (Å²) in [5.74, 6) is -3.36. The molecule has 16 heavy (non-hydrogen) atoms. The van der Waals surface area contributed by atoms with Gasteiger partial charge >= 0.3 is 5.97 Å². The van der Waals surface area contributed by atoms with E-state index in [2.05, 4.69) is 0 Å². The van der Waals surface area contributed by atoms with Crippen LogP contribution in [0.25, 0.3) is 0 Å². The van der Waals surface area contributed by atoms with Gasteiger partial charge in [0.15, 0.2) is 0 Å². The number of ether oxygens (including phenoxy) is 1. The average molecular weight is 228 g/mol. The maximum absolute atomic E-state index is 13.5. The first-order valence-corrected chi connectivity index (χ1v) is 4.80. The molecule has 3 nitrogen and oxygen atoms in total. The third-order valence-corrected chi connectivity index (χ3v) is 2.75. The molecule has 1 fully saturated rings. The lowest BCUT2D eigenvalue weighted by molar-refractivity contribution is -0.138. The summed E-state index contributed by atoms with van der Waals surface area (Å²) in [4.78, 5) is 10.7. The summed E-state index contributed by atoms with van der Waals surface area (Å²) >= 11 is 0. The molecule has 1 aliphatic carbocycles. The molecule has 0 radical (unpaired) electrons. The van der Waals surface area contributed by atoms with Gasteiger partial charge in [0.25, 0.3) is 0 Å². The Morgan fingerprint density at radius 3 is 2.69 bits per heavy atom. The van der Waals surface area contributed by atoms with E-state index in [0.717, 1.165) is 12.1 Å². The van der Waals surface area contributed by atoms with E-state index in [9.17, 15) is 13.6 Å². The first-order valence-electron chi connectivity index (χ1n) is 4.80. The second-order valence-corrected chi connectivity index (χ2v) is 3.79. The van der Waals surface area contributed by atoms with Gasteiger partial charge in [-0.25, -0.2) is 8.78 Å². The molecule has 0 heterocycles. The quantitative estimate of drug-likeness (QED) is 0.862. The molecule has 1 N–H and O–H groups in total. The molecule has 1 saturated carbocycles. The summed E-state index contributed by atoms with van der Waals surface area (Å²) in [5.41, 5.74) is 0.163. The van der Waals surface area contributed by atoms with Crippen molar-refractivity contribution in [3.63, 3.8) is 0 Å². The second-order valence-electron chi connectivity index (χ2n) is 3.79.